The van der Waals surface area contributed by atoms with E-state index in [1.54, 1.807) is 0 Å². The van der Waals surface area contributed by atoms with Crippen LogP contribution in [-0.4, -0.2) is 24.4 Å². The molecule has 0 aromatic carbocycles. The highest BCUT2D eigenvalue weighted by Crippen LogP contribution is 2.32. The molecule has 1 N–H and O–H groups in total. The first-order valence-electron chi connectivity index (χ1n) is 4.73. The zero-order valence-electron chi connectivity index (χ0n) is 8.01. The zero-order chi connectivity index (χ0) is 8.44. The lowest BCUT2D eigenvalue weighted by Gasteiger charge is -2.23. The van der Waals surface area contributed by atoms with Gasteiger partial charge in [0.15, 0.2) is 0 Å². The van der Waals surface area contributed by atoms with E-state index >= 15 is 0 Å². The van der Waals surface area contributed by atoms with Gasteiger partial charge in [0.25, 0.3) is 0 Å². The van der Waals surface area contributed by atoms with Crippen LogP contribution >= 0.6 is 12.4 Å². The molecular formula is C9H17ClN2O. The average Bonchev–Trinajstić information content (AvgIpc) is 2.30. The molecule has 0 bridgehead atoms. The van der Waals surface area contributed by atoms with Crippen molar-refractivity contribution >= 4 is 18.1 Å². The van der Waals surface area contributed by atoms with Crippen LogP contribution in [0.15, 0.2) is 5.16 Å². The number of oxime groups is 1. The molecule has 1 atom stereocenters. The predicted molar refractivity (Wildman–Crippen MR) is 55.5 cm³/mol. The van der Waals surface area contributed by atoms with Crippen molar-refractivity contribution in [1.29, 1.82) is 0 Å². The van der Waals surface area contributed by atoms with Crippen molar-refractivity contribution in [2.45, 2.75) is 38.2 Å². The van der Waals surface area contributed by atoms with Crippen LogP contribution in [0.2, 0.25) is 0 Å². The Labute approximate surface area is 85.3 Å². The monoisotopic (exact) mass is 204 g/mol. The van der Waals surface area contributed by atoms with Crippen LogP contribution in [0.4, 0.5) is 0 Å². The Bertz CT molecular complexity index is 198. The summed E-state index contributed by atoms with van der Waals surface area (Å²) >= 11 is 0. The van der Waals surface area contributed by atoms with E-state index in [1.165, 1.54) is 6.42 Å². The minimum absolute atomic E-state index is 0. The Balaban J connectivity index is 0.000000845. The Morgan fingerprint density at radius 2 is 2.23 bits per heavy atom. The fourth-order valence-electron chi connectivity index (χ4n) is 2.08. The van der Waals surface area contributed by atoms with E-state index in [-0.39, 0.29) is 18.0 Å². The minimum atomic E-state index is 0. The third-order valence-electron chi connectivity index (χ3n) is 2.72. The topological polar surface area (TPSA) is 33.6 Å². The molecule has 0 aliphatic carbocycles. The Morgan fingerprint density at radius 3 is 2.92 bits per heavy atom. The summed E-state index contributed by atoms with van der Waals surface area (Å²) in [6.07, 6.45) is 4.51. The van der Waals surface area contributed by atoms with E-state index in [0.717, 1.165) is 38.1 Å². The molecular weight excluding hydrogens is 188 g/mol. The van der Waals surface area contributed by atoms with Crippen LogP contribution in [0.5, 0.6) is 0 Å². The molecule has 4 heteroatoms. The highest BCUT2D eigenvalue weighted by Gasteiger charge is 2.37. The number of rotatable bonds is 0. The van der Waals surface area contributed by atoms with Gasteiger partial charge < -0.3 is 10.2 Å². The molecule has 76 valence electrons. The van der Waals surface area contributed by atoms with Crippen LogP contribution in [0.3, 0.4) is 0 Å². The third-order valence-corrected chi connectivity index (χ3v) is 2.72. The van der Waals surface area contributed by atoms with Crippen LogP contribution in [0.25, 0.3) is 0 Å². The van der Waals surface area contributed by atoms with Crippen molar-refractivity contribution < 1.29 is 4.84 Å². The van der Waals surface area contributed by atoms with Gasteiger partial charge in [-0.15, -0.1) is 12.4 Å². The van der Waals surface area contributed by atoms with Crippen molar-refractivity contribution in [3.05, 3.63) is 0 Å². The zero-order valence-corrected chi connectivity index (χ0v) is 8.82. The molecule has 0 saturated carbocycles. The fraction of sp³-hybridized carbons (Fsp3) is 0.889. The quantitative estimate of drug-likeness (QED) is 0.652. The second-order valence-electron chi connectivity index (χ2n) is 3.88. The smallest absolute Gasteiger partial charge is 0.144 e. The van der Waals surface area contributed by atoms with Gasteiger partial charge in [-0.05, 0) is 32.9 Å². The number of hydrogen-bond donors (Lipinski definition) is 1. The van der Waals surface area contributed by atoms with Gasteiger partial charge in [0.1, 0.15) is 5.60 Å². The van der Waals surface area contributed by atoms with Gasteiger partial charge in [0, 0.05) is 12.8 Å². The van der Waals surface area contributed by atoms with Crippen LogP contribution in [-0.2, 0) is 4.84 Å². The molecule has 0 aromatic rings. The molecule has 0 aromatic heterocycles. The van der Waals surface area contributed by atoms with Crippen molar-refractivity contribution in [3.63, 3.8) is 0 Å². The molecule has 2 rings (SSSR count). The summed E-state index contributed by atoms with van der Waals surface area (Å²) in [5.41, 5.74) is 1.21. The minimum Gasteiger partial charge on any atom is -0.389 e. The van der Waals surface area contributed by atoms with E-state index < -0.39 is 0 Å². The summed E-state index contributed by atoms with van der Waals surface area (Å²) < 4.78 is 0. The lowest BCUT2D eigenvalue weighted by molar-refractivity contribution is -0.0274. The average molecular weight is 205 g/mol. The summed E-state index contributed by atoms with van der Waals surface area (Å²) in [4.78, 5) is 5.52. The van der Waals surface area contributed by atoms with Gasteiger partial charge in [-0.1, -0.05) is 5.16 Å². The van der Waals surface area contributed by atoms with Gasteiger partial charge >= 0.3 is 0 Å². The first-order valence-corrected chi connectivity index (χ1v) is 4.73. The molecule has 3 nitrogen and oxygen atoms in total. The molecule has 2 heterocycles. The molecule has 2 aliphatic heterocycles. The Morgan fingerprint density at radius 1 is 1.38 bits per heavy atom. The fourth-order valence-corrected chi connectivity index (χ4v) is 2.08. The largest absolute Gasteiger partial charge is 0.389 e. The van der Waals surface area contributed by atoms with Gasteiger partial charge in [0.2, 0.25) is 0 Å². The van der Waals surface area contributed by atoms with Crippen molar-refractivity contribution in [3.8, 4) is 0 Å². The van der Waals surface area contributed by atoms with Crippen LogP contribution in [0.1, 0.15) is 32.6 Å². The first-order chi connectivity index (χ1) is 5.81. The maximum Gasteiger partial charge on any atom is 0.144 e. The van der Waals surface area contributed by atoms with Crippen molar-refractivity contribution in [1.82, 2.24) is 5.32 Å². The number of halogens is 1. The molecule has 1 fully saturated rings. The van der Waals surface area contributed by atoms with Gasteiger partial charge in [0.05, 0.1) is 5.71 Å². The number of nitrogens with zero attached hydrogens (tertiary/aromatic N) is 1. The second-order valence-corrected chi connectivity index (χ2v) is 3.88. The van der Waals surface area contributed by atoms with E-state index in [0.29, 0.717) is 0 Å². The summed E-state index contributed by atoms with van der Waals surface area (Å²) in [6, 6.07) is 0. The van der Waals surface area contributed by atoms with Crippen LogP contribution < -0.4 is 5.32 Å². The molecule has 0 amide bonds. The molecule has 1 spiro atoms. The summed E-state index contributed by atoms with van der Waals surface area (Å²) in [7, 11) is 0. The summed E-state index contributed by atoms with van der Waals surface area (Å²) in [6.45, 7) is 4.25. The number of hydrogen-bond acceptors (Lipinski definition) is 3. The molecule has 1 saturated heterocycles. The molecule has 2 aliphatic rings. The third kappa shape index (κ3) is 2.35. The highest BCUT2D eigenvalue weighted by molar-refractivity contribution is 5.85. The predicted octanol–water partition coefficient (Wildman–Crippen LogP) is 1.72. The standard InChI is InChI=1S/C9H16N2O.ClH/c1-8-7-9(12-11-8)3-2-5-10-6-4-9;/h10H,2-7H2,1H3;1H. The van der Waals surface area contributed by atoms with E-state index in [2.05, 4.69) is 10.5 Å². The molecule has 1 unspecified atom stereocenters. The number of nitrogens with one attached hydrogen (secondary N) is 1. The van der Waals surface area contributed by atoms with Crippen molar-refractivity contribution in [2.24, 2.45) is 5.16 Å². The highest BCUT2D eigenvalue weighted by atomic mass is 35.5. The second kappa shape index (κ2) is 4.29. The van der Waals surface area contributed by atoms with E-state index in [1.807, 2.05) is 6.92 Å². The maximum absolute atomic E-state index is 5.52. The SMILES string of the molecule is CC1=NOC2(CCCNCC2)C1.Cl. The summed E-state index contributed by atoms with van der Waals surface area (Å²) in [5, 5.41) is 7.43. The van der Waals surface area contributed by atoms with Crippen LogP contribution in [0, 0.1) is 0 Å². The maximum atomic E-state index is 5.52. The van der Waals surface area contributed by atoms with Gasteiger partial charge in [-0.3, -0.25) is 0 Å². The molecule has 13 heavy (non-hydrogen) atoms. The Kier molecular flexibility index (Phi) is 3.56. The summed E-state index contributed by atoms with van der Waals surface area (Å²) in [5.74, 6) is 0. The van der Waals surface area contributed by atoms with E-state index in [4.69, 9.17) is 4.84 Å². The Hall–Kier alpha value is -0.280. The lowest BCUT2D eigenvalue weighted by Crippen LogP contribution is -2.29. The molecule has 0 radical (unpaired) electrons. The first kappa shape index (κ1) is 10.8. The van der Waals surface area contributed by atoms with Gasteiger partial charge in [-0.2, -0.15) is 0 Å². The lowest BCUT2D eigenvalue weighted by atomic mass is 9.90. The van der Waals surface area contributed by atoms with Gasteiger partial charge in [-0.25, -0.2) is 0 Å². The van der Waals surface area contributed by atoms with E-state index in [9.17, 15) is 0 Å². The normalized spacial score (nSPS) is 33.2. The van der Waals surface area contributed by atoms with Crippen molar-refractivity contribution in [2.75, 3.05) is 13.1 Å².